The van der Waals surface area contributed by atoms with Gasteiger partial charge in [0.05, 0.1) is 29.9 Å². The number of carbonyl (C=O) groups is 1. The fraction of sp³-hybridized carbons (Fsp3) is 0.390. The number of nitriles is 1. The molecule has 0 radical (unpaired) electrons. The quantitative estimate of drug-likeness (QED) is 0.0925. The first kappa shape index (κ1) is 39.5. The van der Waals surface area contributed by atoms with Gasteiger partial charge in [-0.3, -0.25) is 15.1 Å². The first-order valence-corrected chi connectivity index (χ1v) is 18.0. The summed E-state index contributed by atoms with van der Waals surface area (Å²) in [5, 5.41) is 41.7. The number of hydrogen-bond donors (Lipinski definition) is 4. The van der Waals surface area contributed by atoms with Gasteiger partial charge in [-0.05, 0) is 92.1 Å². The zero-order chi connectivity index (χ0) is 38.1. The number of benzene rings is 3. The second-order valence-corrected chi connectivity index (χ2v) is 14.1. The fourth-order valence-corrected chi connectivity index (χ4v) is 6.63. The van der Waals surface area contributed by atoms with E-state index in [0.29, 0.717) is 39.8 Å². The average molecular weight is 743 g/mol. The third-order valence-corrected chi connectivity index (χ3v) is 10.0. The molecule has 2 atom stereocenters. The van der Waals surface area contributed by atoms with Crippen LogP contribution in [0.15, 0.2) is 60.9 Å². The number of halogens is 1. The van der Waals surface area contributed by atoms with Crippen molar-refractivity contribution in [2.24, 2.45) is 0 Å². The van der Waals surface area contributed by atoms with Crippen molar-refractivity contribution in [2.45, 2.75) is 71.9 Å². The molecule has 4 aromatic rings. The van der Waals surface area contributed by atoms with Gasteiger partial charge >= 0.3 is 5.97 Å². The smallest absolute Gasteiger partial charge is 0.326 e. The van der Waals surface area contributed by atoms with E-state index in [1.807, 2.05) is 18.2 Å². The molecule has 2 heterocycles. The van der Waals surface area contributed by atoms with Gasteiger partial charge < -0.3 is 34.4 Å². The third kappa shape index (κ3) is 9.84. The highest BCUT2D eigenvalue weighted by atomic mass is 35.5. The van der Waals surface area contributed by atoms with E-state index >= 15 is 0 Å². The number of nitrogens with one attached hydrogen (secondary N) is 1. The molecule has 0 spiro atoms. The van der Waals surface area contributed by atoms with Crippen molar-refractivity contribution in [3.05, 3.63) is 105 Å². The number of ether oxygens (including phenoxy) is 3. The van der Waals surface area contributed by atoms with Crippen molar-refractivity contribution in [2.75, 3.05) is 32.8 Å². The Morgan fingerprint density at radius 3 is 2.55 bits per heavy atom. The number of aromatic nitrogens is 1. The van der Waals surface area contributed by atoms with Crippen LogP contribution < -0.4 is 19.5 Å². The van der Waals surface area contributed by atoms with E-state index in [0.717, 1.165) is 71.6 Å². The lowest BCUT2D eigenvalue weighted by atomic mass is 9.90. The minimum Gasteiger partial charge on any atom is -0.493 e. The molecule has 0 aliphatic carbocycles. The Kier molecular flexibility index (Phi) is 13.3. The summed E-state index contributed by atoms with van der Waals surface area (Å²) >= 11 is 6.74. The van der Waals surface area contributed by atoms with Gasteiger partial charge in [0.2, 0.25) is 0 Å². The zero-order valence-corrected chi connectivity index (χ0v) is 31.4. The number of hydrogen-bond acceptors (Lipinski definition) is 10. The van der Waals surface area contributed by atoms with Gasteiger partial charge in [-0.15, -0.1) is 0 Å². The van der Waals surface area contributed by atoms with Crippen LogP contribution in [0.2, 0.25) is 5.02 Å². The summed E-state index contributed by atoms with van der Waals surface area (Å²) in [6, 6.07) is 17.3. The van der Waals surface area contributed by atoms with Crippen LogP contribution in [0.4, 0.5) is 0 Å². The molecule has 3 aromatic carbocycles. The number of pyridine rings is 1. The van der Waals surface area contributed by atoms with Crippen LogP contribution in [0, 0.1) is 32.1 Å². The lowest BCUT2D eigenvalue weighted by molar-refractivity contribution is -0.145. The Morgan fingerprint density at radius 1 is 1.04 bits per heavy atom. The van der Waals surface area contributed by atoms with Gasteiger partial charge in [-0.1, -0.05) is 35.9 Å². The molecule has 280 valence electrons. The van der Waals surface area contributed by atoms with Crippen LogP contribution in [0.5, 0.6) is 17.2 Å². The third-order valence-electron chi connectivity index (χ3n) is 9.74. The molecule has 1 saturated heterocycles. The maximum absolute atomic E-state index is 11.8. The standard InChI is InChI=1S/C41H47ClN4O7/c1-26-9-10-36(51-14-6-12-46-13-11-33(48)22-46)28(3)39(26)34-8-5-7-31(27(34)2)24-53-38-17-37(52-23-30-15-29(18-43)19-44-20-30)32(16-35(38)42)21-45-41(4,25-47)40(49)50/h5,7-10,15-17,19-20,33,45,47-48H,6,11-14,21-25H2,1-4H3,(H,49,50)/t33-,41+/m1/s1. The highest BCUT2D eigenvalue weighted by Gasteiger charge is 2.32. The molecular weight excluding hydrogens is 696 g/mol. The number of likely N-dealkylation sites (tertiary alicyclic amines) is 1. The number of carboxylic acids is 1. The lowest BCUT2D eigenvalue weighted by Crippen LogP contribution is -2.52. The van der Waals surface area contributed by atoms with E-state index in [9.17, 15) is 25.4 Å². The Balaban J connectivity index is 1.34. The largest absolute Gasteiger partial charge is 0.493 e. The fourth-order valence-electron chi connectivity index (χ4n) is 6.39. The highest BCUT2D eigenvalue weighted by Crippen LogP contribution is 2.38. The van der Waals surface area contributed by atoms with Gasteiger partial charge in [0.1, 0.15) is 42.1 Å². The van der Waals surface area contributed by atoms with Gasteiger partial charge in [0.25, 0.3) is 0 Å². The van der Waals surface area contributed by atoms with Crippen LogP contribution in [0.25, 0.3) is 11.1 Å². The molecule has 0 saturated carbocycles. The van der Waals surface area contributed by atoms with E-state index in [2.05, 4.69) is 54.2 Å². The minimum absolute atomic E-state index is 0.0282. The topological polar surface area (TPSA) is 157 Å². The summed E-state index contributed by atoms with van der Waals surface area (Å²) in [5.74, 6) is 0.398. The summed E-state index contributed by atoms with van der Waals surface area (Å²) in [7, 11) is 0. The average Bonchev–Trinajstić information content (AvgIpc) is 3.57. The van der Waals surface area contributed by atoms with E-state index in [-0.39, 0.29) is 25.9 Å². The van der Waals surface area contributed by atoms with Crippen LogP contribution >= 0.6 is 11.6 Å². The highest BCUT2D eigenvalue weighted by molar-refractivity contribution is 6.32. The van der Waals surface area contributed by atoms with Crippen molar-refractivity contribution in [3.8, 4) is 34.4 Å². The number of aliphatic hydroxyl groups excluding tert-OH is 2. The monoisotopic (exact) mass is 742 g/mol. The second-order valence-electron chi connectivity index (χ2n) is 13.7. The number of carboxylic acid groups (broad SMARTS) is 1. The normalized spacial score (nSPS) is 15.5. The Bertz CT molecular complexity index is 1970. The Morgan fingerprint density at radius 2 is 1.83 bits per heavy atom. The predicted molar refractivity (Wildman–Crippen MR) is 202 cm³/mol. The number of aliphatic carboxylic acids is 1. The minimum atomic E-state index is -1.59. The van der Waals surface area contributed by atoms with E-state index in [1.54, 1.807) is 24.4 Å². The Labute approximate surface area is 315 Å². The summed E-state index contributed by atoms with van der Waals surface area (Å²) in [4.78, 5) is 18.2. The summed E-state index contributed by atoms with van der Waals surface area (Å²) < 4.78 is 18.7. The van der Waals surface area contributed by atoms with Gasteiger partial charge in [-0.2, -0.15) is 5.26 Å². The van der Waals surface area contributed by atoms with Crippen LogP contribution in [0.1, 0.15) is 58.7 Å². The van der Waals surface area contributed by atoms with Crippen LogP contribution in [0.3, 0.4) is 0 Å². The van der Waals surface area contributed by atoms with E-state index in [1.165, 1.54) is 13.1 Å². The maximum atomic E-state index is 11.8. The molecule has 1 aliphatic rings. The Hall–Kier alpha value is -4.70. The van der Waals surface area contributed by atoms with Crippen molar-refractivity contribution in [1.82, 2.24) is 15.2 Å². The molecule has 5 rings (SSSR count). The van der Waals surface area contributed by atoms with Crippen LogP contribution in [-0.2, 0) is 24.6 Å². The molecule has 1 fully saturated rings. The van der Waals surface area contributed by atoms with E-state index < -0.39 is 18.1 Å². The second kappa shape index (κ2) is 17.9. The van der Waals surface area contributed by atoms with Crippen molar-refractivity contribution in [3.63, 3.8) is 0 Å². The molecule has 0 amide bonds. The number of aryl methyl sites for hydroxylation is 1. The number of nitrogens with zero attached hydrogens (tertiary/aromatic N) is 3. The summed E-state index contributed by atoms with van der Waals surface area (Å²) in [6.45, 7) is 10.5. The molecule has 4 N–H and O–H groups in total. The predicted octanol–water partition coefficient (Wildman–Crippen LogP) is 6.12. The van der Waals surface area contributed by atoms with E-state index in [4.69, 9.17) is 25.8 Å². The van der Waals surface area contributed by atoms with Gasteiger partial charge in [-0.25, -0.2) is 0 Å². The molecule has 11 nitrogen and oxygen atoms in total. The maximum Gasteiger partial charge on any atom is 0.326 e. The number of rotatable bonds is 17. The lowest BCUT2D eigenvalue weighted by Gasteiger charge is -2.25. The van der Waals surface area contributed by atoms with Gasteiger partial charge in [0, 0.05) is 55.8 Å². The molecule has 0 bridgehead atoms. The molecule has 12 heteroatoms. The van der Waals surface area contributed by atoms with Crippen LogP contribution in [-0.4, -0.2) is 75.7 Å². The SMILES string of the molecule is Cc1ccc(OCCCN2CC[C@@H](O)C2)c(C)c1-c1cccc(COc2cc(OCc3cncc(C#N)c3)c(CN[C@@](C)(CO)C(=O)O)cc2Cl)c1C. The van der Waals surface area contributed by atoms with Gasteiger partial charge in [0.15, 0.2) is 0 Å². The summed E-state index contributed by atoms with van der Waals surface area (Å²) in [5.41, 5.74) is 6.42. The number of aliphatic hydroxyl groups is 2. The molecule has 1 aliphatic heterocycles. The molecule has 1 aromatic heterocycles. The molecule has 0 unspecified atom stereocenters. The summed E-state index contributed by atoms with van der Waals surface area (Å²) in [6.07, 6.45) is 4.55. The first-order valence-electron chi connectivity index (χ1n) is 17.7. The van der Waals surface area contributed by atoms with Crippen molar-refractivity contribution < 1.29 is 34.3 Å². The van der Waals surface area contributed by atoms with Crippen molar-refractivity contribution in [1.29, 1.82) is 5.26 Å². The molecule has 53 heavy (non-hydrogen) atoms. The zero-order valence-electron chi connectivity index (χ0n) is 30.6. The molecular formula is C41H47ClN4O7. The number of β-amino-alcohol motifs (C(OH)–C–C–N with tert-alkyl or cyclic N) is 1. The van der Waals surface area contributed by atoms with Crippen molar-refractivity contribution >= 4 is 17.6 Å². The first-order chi connectivity index (χ1) is 25.4.